The molecule has 0 fully saturated rings. The molecule has 0 unspecified atom stereocenters. The number of anilines is 1. The number of carbonyl (C=O) groups is 1. The Hall–Kier alpha value is -2.29. The van der Waals surface area contributed by atoms with Crippen LogP contribution >= 0.6 is 22.6 Å². The molecule has 0 radical (unpaired) electrons. The van der Waals surface area contributed by atoms with Crippen LogP contribution in [0.3, 0.4) is 0 Å². The van der Waals surface area contributed by atoms with Crippen molar-refractivity contribution in [2.75, 3.05) is 26.1 Å². The summed E-state index contributed by atoms with van der Waals surface area (Å²) >= 11 is 2.23. The van der Waals surface area contributed by atoms with E-state index in [-0.39, 0.29) is 12.5 Å². The van der Waals surface area contributed by atoms with E-state index in [0.29, 0.717) is 11.5 Å². The molecule has 0 aliphatic carbocycles. The molecule has 0 aliphatic rings. The molecule has 2 rings (SSSR count). The van der Waals surface area contributed by atoms with E-state index in [2.05, 4.69) is 38.4 Å². The number of methoxy groups -OCH3 is 2. The average Bonchev–Trinajstić information content (AvgIpc) is 2.61. The highest BCUT2D eigenvalue weighted by Crippen LogP contribution is 2.22. The van der Waals surface area contributed by atoms with E-state index in [4.69, 9.17) is 9.47 Å². The van der Waals surface area contributed by atoms with Crippen LogP contribution < -0.4 is 20.2 Å². The molecule has 2 aromatic rings. The lowest BCUT2D eigenvalue weighted by atomic mass is 10.2. The predicted molar refractivity (Wildman–Crippen MR) is 103 cm³/mol. The molecular formula is C17H18IN3O3. The van der Waals surface area contributed by atoms with Gasteiger partial charge in [-0.1, -0.05) is 0 Å². The molecule has 0 saturated carbocycles. The zero-order valence-electron chi connectivity index (χ0n) is 13.4. The molecule has 2 N–H and O–H groups in total. The van der Waals surface area contributed by atoms with Gasteiger partial charge in [0.15, 0.2) is 0 Å². The molecule has 0 aliphatic heterocycles. The Morgan fingerprint density at radius 2 is 1.92 bits per heavy atom. The first-order valence-corrected chi connectivity index (χ1v) is 8.23. The minimum absolute atomic E-state index is 0.137. The molecule has 0 aromatic heterocycles. The number of nitrogens with one attached hydrogen (secondary N) is 2. The maximum absolute atomic E-state index is 11.8. The molecule has 0 saturated heterocycles. The molecule has 2 aromatic carbocycles. The number of benzene rings is 2. The summed E-state index contributed by atoms with van der Waals surface area (Å²) in [6, 6.07) is 13.1. The van der Waals surface area contributed by atoms with E-state index in [0.717, 1.165) is 14.8 Å². The van der Waals surface area contributed by atoms with Gasteiger partial charge in [0.05, 0.1) is 27.0 Å². The standard InChI is InChI=1S/C17H18IN3O3/c1-23-15-8-3-12(16(9-15)24-2)10-20-21-17(22)11-19-14-6-4-13(18)5-7-14/h3-10,19H,11H2,1-2H3,(H,21,22)/b20-10-. The van der Waals surface area contributed by atoms with Gasteiger partial charge >= 0.3 is 0 Å². The Balaban J connectivity index is 1.86. The van der Waals surface area contributed by atoms with Crippen molar-refractivity contribution in [3.8, 4) is 11.5 Å². The SMILES string of the molecule is COc1ccc(/C=N\NC(=O)CNc2ccc(I)cc2)c(OC)c1. The van der Waals surface area contributed by atoms with Gasteiger partial charge in [-0.25, -0.2) is 5.43 Å². The second kappa shape index (κ2) is 9.11. The first kappa shape index (κ1) is 18.1. The normalized spacial score (nSPS) is 10.5. The summed E-state index contributed by atoms with van der Waals surface area (Å²) in [5.41, 5.74) is 4.09. The minimum Gasteiger partial charge on any atom is -0.497 e. The molecule has 0 bridgehead atoms. The lowest BCUT2D eigenvalue weighted by molar-refractivity contribution is -0.119. The van der Waals surface area contributed by atoms with Gasteiger partial charge in [-0.3, -0.25) is 4.79 Å². The van der Waals surface area contributed by atoms with E-state index < -0.39 is 0 Å². The number of hydrogen-bond acceptors (Lipinski definition) is 5. The van der Waals surface area contributed by atoms with Gasteiger partial charge in [-0.05, 0) is 59.0 Å². The highest BCUT2D eigenvalue weighted by atomic mass is 127. The lowest BCUT2D eigenvalue weighted by Crippen LogP contribution is -2.25. The summed E-state index contributed by atoms with van der Waals surface area (Å²) in [7, 11) is 3.15. The average molecular weight is 439 g/mol. The zero-order valence-corrected chi connectivity index (χ0v) is 15.5. The highest BCUT2D eigenvalue weighted by molar-refractivity contribution is 14.1. The van der Waals surface area contributed by atoms with E-state index in [1.165, 1.54) is 6.21 Å². The third-order valence-electron chi connectivity index (χ3n) is 3.13. The molecule has 1 amide bonds. The van der Waals surface area contributed by atoms with Gasteiger partial charge in [0.1, 0.15) is 11.5 Å². The summed E-state index contributed by atoms with van der Waals surface area (Å²) in [4.78, 5) is 11.8. The molecule has 0 spiro atoms. The Morgan fingerprint density at radius 3 is 2.58 bits per heavy atom. The second-order valence-electron chi connectivity index (χ2n) is 4.76. The van der Waals surface area contributed by atoms with Crippen molar-refractivity contribution in [3.63, 3.8) is 0 Å². The van der Waals surface area contributed by atoms with E-state index >= 15 is 0 Å². The summed E-state index contributed by atoms with van der Waals surface area (Å²) < 4.78 is 11.5. The van der Waals surface area contributed by atoms with Crippen LogP contribution in [0, 0.1) is 3.57 Å². The largest absolute Gasteiger partial charge is 0.497 e. The summed E-state index contributed by atoms with van der Waals surface area (Å²) in [6.07, 6.45) is 1.53. The molecule has 126 valence electrons. The van der Waals surface area contributed by atoms with Crippen LogP contribution in [0.2, 0.25) is 0 Å². The molecule has 0 atom stereocenters. The Bertz CT molecular complexity index is 718. The summed E-state index contributed by atoms with van der Waals surface area (Å²) in [5, 5.41) is 6.97. The fraction of sp³-hybridized carbons (Fsp3) is 0.176. The molecule has 7 heteroatoms. The fourth-order valence-electron chi connectivity index (χ4n) is 1.89. The van der Waals surface area contributed by atoms with Gasteiger partial charge in [-0.2, -0.15) is 5.10 Å². The van der Waals surface area contributed by atoms with Crippen LogP contribution in [0.5, 0.6) is 11.5 Å². The second-order valence-corrected chi connectivity index (χ2v) is 6.01. The third kappa shape index (κ3) is 5.41. The number of halogens is 1. The molecule has 6 nitrogen and oxygen atoms in total. The van der Waals surface area contributed by atoms with Crippen LogP contribution in [0.15, 0.2) is 47.6 Å². The van der Waals surface area contributed by atoms with Crippen molar-refractivity contribution in [3.05, 3.63) is 51.6 Å². The van der Waals surface area contributed by atoms with E-state index in [1.54, 1.807) is 32.4 Å². The number of hydrogen-bond donors (Lipinski definition) is 2. The summed E-state index contributed by atoms with van der Waals surface area (Å²) in [5.74, 6) is 1.07. The van der Waals surface area contributed by atoms with Gasteiger partial charge in [0.25, 0.3) is 5.91 Å². The Kier molecular flexibility index (Phi) is 6.86. The Labute approximate surface area is 154 Å². The monoisotopic (exact) mass is 439 g/mol. The third-order valence-corrected chi connectivity index (χ3v) is 3.85. The van der Waals surface area contributed by atoms with Crippen molar-refractivity contribution in [1.29, 1.82) is 0 Å². The van der Waals surface area contributed by atoms with E-state index in [9.17, 15) is 4.79 Å². The zero-order chi connectivity index (χ0) is 17.4. The summed E-state index contributed by atoms with van der Waals surface area (Å²) in [6.45, 7) is 0.137. The minimum atomic E-state index is -0.239. The van der Waals surface area contributed by atoms with Crippen LogP contribution in [0.25, 0.3) is 0 Å². The number of rotatable bonds is 7. The first-order valence-electron chi connectivity index (χ1n) is 7.15. The van der Waals surface area contributed by atoms with Crippen LogP contribution in [-0.2, 0) is 4.79 Å². The maximum atomic E-state index is 11.8. The van der Waals surface area contributed by atoms with Crippen LogP contribution in [-0.4, -0.2) is 32.9 Å². The van der Waals surface area contributed by atoms with Crippen molar-refractivity contribution >= 4 is 40.4 Å². The molecule has 24 heavy (non-hydrogen) atoms. The van der Waals surface area contributed by atoms with Crippen LogP contribution in [0.1, 0.15) is 5.56 Å². The fourth-order valence-corrected chi connectivity index (χ4v) is 2.25. The van der Waals surface area contributed by atoms with Crippen molar-refractivity contribution < 1.29 is 14.3 Å². The number of nitrogens with zero attached hydrogens (tertiary/aromatic N) is 1. The first-order chi connectivity index (χ1) is 11.6. The van der Waals surface area contributed by atoms with Gasteiger partial charge < -0.3 is 14.8 Å². The van der Waals surface area contributed by atoms with Crippen LogP contribution in [0.4, 0.5) is 5.69 Å². The molecular weight excluding hydrogens is 421 g/mol. The maximum Gasteiger partial charge on any atom is 0.259 e. The topological polar surface area (TPSA) is 72.0 Å². The number of amides is 1. The number of carbonyl (C=O) groups excluding carboxylic acids is 1. The van der Waals surface area contributed by atoms with Crippen molar-refractivity contribution in [2.45, 2.75) is 0 Å². The number of ether oxygens (including phenoxy) is 2. The van der Waals surface area contributed by atoms with Gasteiger partial charge in [0.2, 0.25) is 0 Å². The highest BCUT2D eigenvalue weighted by Gasteiger charge is 2.03. The van der Waals surface area contributed by atoms with Gasteiger partial charge in [0, 0.05) is 20.9 Å². The van der Waals surface area contributed by atoms with E-state index in [1.807, 2.05) is 24.3 Å². The smallest absolute Gasteiger partial charge is 0.259 e. The molecule has 0 heterocycles. The predicted octanol–water partition coefficient (Wildman–Crippen LogP) is 2.87. The number of hydrazone groups is 1. The lowest BCUT2D eigenvalue weighted by Gasteiger charge is -2.07. The van der Waals surface area contributed by atoms with Crippen molar-refractivity contribution in [1.82, 2.24) is 5.43 Å². The Morgan fingerprint density at radius 1 is 1.17 bits per heavy atom. The van der Waals surface area contributed by atoms with Crippen molar-refractivity contribution in [2.24, 2.45) is 5.10 Å². The van der Waals surface area contributed by atoms with Gasteiger partial charge in [-0.15, -0.1) is 0 Å². The quantitative estimate of drug-likeness (QED) is 0.396.